The van der Waals surface area contributed by atoms with Crippen molar-refractivity contribution in [1.29, 1.82) is 0 Å². The molecule has 0 saturated carbocycles. The van der Waals surface area contributed by atoms with Gasteiger partial charge in [0.05, 0.1) is 10.6 Å². The van der Waals surface area contributed by atoms with E-state index in [0.717, 1.165) is 11.1 Å². The molecule has 126 valence electrons. The minimum absolute atomic E-state index is 0.116. The first kappa shape index (κ1) is 17.5. The van der Waals surface area contributed by atoms with E-state index in [2.05, 4.69) is 0 Å². The summed E-state index contributed by atoms with van der Waals surface area (Å²) >= 11 is 12.2. The Morgan fingerprint density at radius 3 is 1.76 bits per heavy atom. The molecule has 0 unspecified atom stereocenters. The molecule has 3 aromatic carbocycles. The second-order valence-corrected chi connectivity index (χ2v) is 6.60. The number of hydrogen-bond donors (Lipinski definition) is 0. The molecule has 0 aromatic heterocycles. The SMILES string of the molecule is O=C(c1ccc(Cl)cc1Cl)N(Cc1ccccc1)Cc1ccccc1. The number of carbonyl (C=O) groups is 1. The second-order valence-electron chi connectivity index (χ2n) is 5.76. The minimum Gasteiger partial charge on any atom is -0.330 e. The molecule has 1 amide bonds. The number of rotatable bonds is 5. The summed E-state index contributed by atoms with van der Waals surface area (Å²) in [7, 11) is 0. The molecule has 0 spiro atoms. The van der Waals surface area contributed by atoms with Crippen LogP contribution in [0.2, 0.25) is 10.0 Å². The Morgan fingerprint density at radius 1 is 0.760 bits per heavy atom. The molecule has 3 rings (SSSR count). The van der Waals surface area contributed by atoms with E-state index in [1.165, 1.54) is 0 Å². The molecule has 4 heteroatoms. The number of nitrogens with zero attached hydrogens (tertiary/aromatic N) is 1. The van der Waals surface area contributed by atoms with Gasteiger partial charge in [0, 0.05) is 18.1 Å². The quantitative estimate of drug-likeness (QED) is 0.553. The predicted octanol–water partition coefficient (Wildman–Crippen LogP) is 5.84. The fraction of sp³-hybridized carbons (Fsp3) is 0.0952. The molecule has 0 fully saturated rings. The zero-order valence-corrected chi connectivity index (χ0v) is 15.0. The summed E-state index contributed by atoms with van der Waals surface area (Å²) in [6.07, 6.45) is 0. The van der Waals surface area contributed by atoms with Crippen molar-refractivity contribution in [3.63, 3.8) is 0 Å². The van der Waals surface area contributed by atoms with Crippen LogP contribution in [0, 0.1) is 0 Å². The molecule has 0 heterocycles. The van der Waals surface area contributed by atoms with E-state index in [-0.39, 0.29) is 5.91 Å². The lowest BCUT2D eigenvalue weighted by Gasteiger charge is -2.24. The third-order valence-electron chi connectivity index (χ3n) is 3.88. The first-order chi connectivity index (χ1) is 12.1. The van der Waals surface area contributed by atoms with E-state index >= 15 is 0 Å². The average molecular weight is 370 g/mol. The van der Waals surface area contributed by atoms with Crippen molar-refractivity contribution in [2.45, 2.75) is 13.1 Å². The maximum absolute atomic E-state index is 13.1. The number of carbonyl (C=O) groups excluding carboxylic acids is 1. The Balaban J connectivity index is 1.90. The van der Waals surface area contributed by atoms with Gasteiger partial charge in [-0.3, -0.25) is 4.79 Å². The van der Waals surface area contributed by atoms with Gasteiger partial charge in [-0.2, -0.15) is 0 Å². The van der Waals surface area contributed by atoms with Crippen LogP contribution in [0.15, 0.2) is 78.9 Å². The summed E-state index contributed by atoms with van der Waals surface area (Å²) in [5, 5.41) is 0.878. The highest BCUT2D eigenvalue weighted by atomic mass is 35.5. The van der Waals surface area contributed by atoms with Crippen LogP contribution in [0.25, 0.3) is 0 Å². The summed E-state index contributed by atoms with van der Waals surface area (Å²) < 4.78 is 0. The fourth-order valence-corrected chi connectivity index (χ4v) is 3.13. The molecule has 0 bridgehead atoms. The largest absolute Gasteiger partial charge is 0.330 e. The van der Waals surface area contributed by atoms with Crippen LogP contribution >= 0.6 is 23.2 Å². The van der Waals surface area contributed by atoms with Gasteiger partial charge in [-0.05, 0) is 29.3 Å². The monoisotopic (exact) mass is 369 g/mol. The van der Waals surface area contributed by atoms with Gasteiger partial charge in [-0.1, -0.05) is 83.9 Å². The Bertz CT molecular complexity index is 809. The molecule has 3 aromatic rings. The Hall–Kier alpha value is -2.29. The van der Waals surface area contributed by atoms with Gasteiger partial charge in [-0.25, -0.2) is 0 Å². The Labute approximate surface area is 157 Å². The van der Waals surface area contributed by atoms with E-state index in [4.69, 9.17) is 23.2 Å². The van der Waals surface area contributed by atoms with Crippen molar-refractivity contribution in [3.8, 4) is 0 Å². The molecule has 0 saturated heterocycles. The van der Waals surface area contributed by atoms with Gasteiger partial charge < -0.3 is 4.90 Å². The third kappa shape index (κ3) is 4.62. The number of amides is 1. The first-order valence-corrected chi connectivity index (χ1v) is 8.71. The normalized spacial score (nSPS) is 10.5. The first-order valence-electron chi connectivity index (χ1n) is 7.95. The van der Waals surface area contributed by atoms with Gasteiger partial charge in [0.1, 0.15) is 0 Å². The zero-order chi connectivity index (χ0) is 17.6. The van der Waals surface area contributed by atoms with Gasteiger partial charge in [0.15, 0.2) is 0 Å². The number of hydrogen-bond acceptors (Lipinski definition) is 1. The topological polar surface area (TPSA) is 20.3 Å². The molecule has 0 aliphatic carbocycles. The molecule has 2 nitrogen and oxygen atoms in total. The van der Waals surface area contributed by atoms with E-state index in [0.29, 0.717) is 28.7 Å². The Morgan fingerprint density at radius 2 is 1.28 bits per heavy atom. The number of halogens is 2. The fourth-order valence-electron chi connectivity index (χ4n) is 2.64. The Kier molecular flexibility index (Phi) is 5.75. The summed E-state index contributed by atoms with van der Waals surface area (Å²) in [4.78, 5) is 14.9. The van der Waals surface area contributed by atoms with Crippen LogP contribution < -0.4 is 0 Å². The highest BCUT2D eigenvalue weighted by molar-refractivity contribution is 6.36. The second kappa shape index (κ2) is 8.19. The van der Waals surface area contributed by atoms with Crippen LogP contribution in [0.5, 0.6) is 0 Å². The lowest BCUT2D eigenvalue weighted by atomic mass is 10.1. The summed E-state index contributed by atoms with van der Waals surface area (Å²) in [5.74, 6) is -0.116. The van der Waals surface area contributed by atoms with Gasteiger partial charge in [0.2, 0.25) is 0 Å². The highest BCUT2D eigenvalue weighted by Gasteiger charge is 2.19. The summed E-state index contributed by atoms with van der Waals surface area (Å²) in [5.41, 5.74) is 2.59. The molecule has 0 N–H and O–H groups in total. The van der Waals surface area contributed by atoms with Crippen molar-refractivity contribution < 1.29 is 4.79 Å². The third-order valence-corrected chi connectivity index (χ3v) is 4.43. The van der Waals surface area contributed by atoms with E-state index < -0.39 is 0 Å². The van der Waals surface area contributed by atoms with Crippen molar-refractivity contribution >= 4 is 29.1 Å². The summed E-state index contributed by atoms with van der Waals surface area (Å²) in [6.45, 7) is 1.01. The average Bonchev–Trinajstić information content (AvgIpc) is 2.62. The molecule has 0 atom stereocenters. The van der Waals surface area contributed by atoms with Crippen molar-refractivity contribution in [2.75, 3.05) is 0 Å². The minimum atomic E-state index is -0.116. The smallest absolute Gasteiger partial charge is 0.255 e. The zero-order valence-electron chi connectivity index (χ0n) is 13.5. The van der Waals surface area contributed by atoms with E-state index in [9.17, 15) is 4.79 Å². The number of benzene rings is 3. The summed E-state index contributed by atoms with van der Waals surface area (Å²) in [6, 6.07) is 24.8. The van der Waals surface area contributed by atoms with Crippen molar-refractivity contribution in [2.24, 2.45) is 0 Å². The predicted molar refractivity (Wildman–Crippen MR) is 103 cm³/mol. The molecule has 0 aliphatic heterocycles. The molecular formula is C21H17Cl2NO. The molecule has 0 aliphatic rings. The maximum atomic E-state index is 13.1. The van der Waals surface area contributed by atoms with Gasteiger partial charge in [0.25, 0.3) is 5.91 Å². The maximum Gasteiger partial charge on any atom is 0.255 e. The van der Waals surface area contributed by atoms with Crippen LogP contribution in [0.3, 0.4) is 0 Å². The van der Waals surface area contributed by atoms with Crippen LogP contribution in [-0.2, 0) is 13.1 Å². The lowest BCUT2D eigenvalue weighted by molar-refractivity contribution is 0.0730. The highest BCUT2D eigenvalue weighted by Crippen LogP contribution is 2.24. The van der Waals surface area contributed by atoms with Crippen LogP contribution in [0.4, 0.5) is 0 Å². The van der Waals surface area contributed by atoms with E-state index in [1.54, 1.807) is 23.1 Å². The molecule has 25 heavy (non-hydrogen) atoms. The molecular weight excluding hydrogens is 353 g/mol. The lowest BCUT2D eigenvalue weighted by Crippen LogP contribution is -2.30. The van der Waals surface area contributed by atoms with E-state index in [1.807, 2.05) is 60.7 Å². The standard InChI is InChI=1S/C21H17Cl2NO/c22-18-11-12-19(20(23)13-18)21(25)24(14-16-7-3-1-4-8-16)15-17-9-5-2-6-10-17/h1-13H,14-15H2. The van der Waals surface area contributed by atoms with Crippen LogP contribution in [-0.4, -0.2) is 10.8 Å². The molecule has 0 radical (unpaired) electrons. The van der Waals surface area contributed by atoms with Gasteiger partial charge in [-0.15, -0.1) is 0 Å². The van der Waals surface area contributed by atoms with Crippen LogP contribution in [0.1, 0.15) is 21.5 Å². The van der Waals surface area contributed by atoms with Gasteiger partial charge >= 0.3 is 0 Å². The van der Waals surface area contributed by atoms with Crippen molar-refractivity contribution in [1.82, 2.24) is 4.90 Å². The van der Waals surface area contributed by atoms with Crippen molar-refractivity contribution in [3.05, 3.63) is 106 Å².